The fraction of sp³-hybridized carbons (Fsp3) is 0.182. The van der Waals surface area contributed by atoms with Gasteiger partial charge in [0.1, 0.15) is 5.56 Å². The van der Waals surface area contributed by atoms with Crippen molar-refractivity contribution in [3.05, 3.63) is 41.2 Å². The van der Waals surface area contributed by atoms with E-state index < -0.39 is 5.97 Å². The van der Waals surface area contributed by atoms with Crippen LogP contribution in [0.2, 0.25) is 5.02 Å². The molecule has 18 heavy (non-hydrogen) atoms. The molecule has 94 valence electrons. The fourth-order valence-electron chi connectivity index (χ4n) is 1.55. The third-order valence-electron chi connectivity index (χ3n) is 2.36. The van der Waals surface area contributed by atoms with Crippen molar-refractivity contribution in [1.29, 1.82) is 0 Å². The minimum Gasteiger partial charge on any atom is -0.478 e. The van der Waals surface area contributed by atoms with Gasteiger partial charge in [0.15, 0.2) is 0 Å². The molecule has 0 radical (unpaired) electrons. The third kappa shape index (κ3) is 2.78. The Morgan fingerprint density at radius 1 is 1.50 bits per heavy atom. The van der Waals surface area contributed by atoms with Crippen LogP contribution < -0.4 is 5.32 Å². The topological polar surface area (TPSA) is 80.0 Å². The van der Waals surface area contributed by atoms with Gasteiger partial charge >= 0.3 is 5.97 Å². The molecule has 6 nitrogen and oxygen atoms in total. The second-order valence-corrected chi connectivity index (χ2v) is 3.97. The van der Waals surface area contributed by atoms with Gasteiger partial charge in [-0.2, -0.15) is 0 Å². The van der Waals surface area contributed by atoms with E-state index in [-0.39, 0.29) is 10.6 Å². The first-order valence-electron chi connectivity index (χ1n) is 5.28. The van der Waals surface area contributed by atoms with Crippen LogP contribution in [0.5, 0.6) is 0 Å². The third-order valence-corrected chi connectivity index (χ3v) is 2.67. The zero-order valence-electron chi connectivity index (χ0n) is 9.38. The van der Waals surface area contributed by atoms with E-state index in [9.17, 15) is 4.79 Å². The van der Waals surface area contributed by atoms with E-state index in [1.807, 2.05) is 0 Å². The SMILES string of the molecule is O=C(O)c1c(Cl)cccc1NCCn1ccnn1. The average Bonchev–Trinajstić information content (AvgIpc) is 2.81. The normalized spacial score (nSPS) is 10.3. The Bertz CT molecular complexity index is 542. The van der Waals surface area contributed by atoms with Crippen molar-refractivity contribution in [3.8, 4) is 0 Å². The van der Waals surface area contributed by atoms with E-state index in [1.165, 1.54) is 0 Å². The minimum absolute atomic E-state index is 0.0813. The first kappa shape index (κ1) is 12.4. The molecule has 0 unspecified atom stereocenters. The van der Waals surface area contributed by atoms with Gasteiger partial charge < -0.3 is 10.4 Å². The summed E-state index contributed by atoms with van der Waals surface area (Å²) in [6.07, 6.45) is 3.32. The van der Waals surface area contributed by atoms with Crippen molar-refractivity contribution in [2.24, 2.45) is 0 Å². The predicted molar refractivity (Wildman–Crippen MR) is 66.9 cm³/mol. The van der Waals surface area contributed by atoms with Gasteiger partial charge in [-0.25, -0.2) is 4.79 Å². The Morgan fingerprint density at radius 3 is 3.00 bits per heavy atom. The molecule has 0 spiro atoms. The molecule has 0 saturated carbocycles. The van der Waals surface area contributed by atoms with E-state index >= 15 is 0 Å². The monoisotopic (exact) mass is 266 g/mol. The Hall–Kier alpha value is -2.08. The molecule has 0 saturated heterocycles. The summed E-state index contributed by atoms with van der Waals surface area (Å²) in [6, 6.07) is 4.93. The van der Waals surface area contributed by atoms with Gasteiger partial charge in [0.2, 0.25) is 0 Å². The lowest BCUT2D eigenvalue weighted by Crippen LogP contribution is -2.13. The molecule has 1 heterocycles. The molecule has 0 aliphatic carbocycles. The molecular formula is C11H11ClN4O2. The van der Waals surface area contributed by atoms with E-state index in [0.29, 0.717) is 18.8 Å². The number of aromatic nitrogens is 3. The van der Waals surface area contributed by atoms with Crippen LogP contribution in [-0.2, 0) is 6.54 Å². The summed E-state index contributed by atoms with van der Waals surface area (Å²) in [6.45, 7) is 1.12. The number of carboxylic acid groups (broad SMARTS) is 1. The maximum atomic E-state index is 11.1. The van der Waals surface area contributed by atoms with E-state index in [1.54, 1.807) is 35.3 Å². The van der Waals surface area contributed by atoms with Crippen molar-refractivity contribution in [1.82, 2.24) is 15.0 Å². The first-order chi connectivity index (χ1) is 8.68. The number of carboxylic acids is 1. The lowest BCUT2D eigenvalue weighted by Gasteiger charge is -2.10. The lowest BCUT2D eigenvalue weighted by atomic mass is 10.2. The number of hydrogen-bond donors (Lipinski definition) is 2. The number of benzene rings is 1. The molecule has 0 atom stereocenters. The van der Waals surface area contributed by atoms with Crippen LogP contribution in [0, 0.1) is 0 Å². The van der Waals surface area contributed by atoms with Crippen molar-refractivity contribution in [2.75, 3.05) is 11.9 Å². The van der Waals surface area contributed by atoms with Crippen molar-refractivity contribution < 1.29 is 9.90 Å². The van der Waals surface area contributed by atoms with Crippen LogP contribution in [-0.4, -0.2) is 32.6 Å². The summed E-state index contributed by atoms with van der Waals surface area (Å²) in [5.74, 6) is -1.05. The molecule has 7 heteroatoms. The van der Waals surface area contributed by atoms with Crippen LogP contribution >= 0.6 is 11.6 Å². The van der Waals surface area contributed by atoms with Crippen LogP contribution in [0.15, 0.2) is 30.6 Å². The van der Waals surface area contributed by atoms with Gasteiger partial charge in [-0.15, -0.1) is 5.10 Å². The maximum absolute atomic E-state index is 11.1. The van der Waals surface area contributed by atoms with E-state index in [2.05, 4.69) is 15.6 Å². The Balaban J connectivity index is 2.05. The van der Waals surface area contributed by atoms with Crippen molar-refractivity contribution >= 4 is 23.3 Å². The Labute approximate surface area is 108 Å². The highest BCUT2D eigenvalue weighted by atomic mass is 35.5. The molecule has 0 aliphatic heterocycles. The largest absolute Gasteiger partial charge is 0.478 e. The second kappa shape index (κ2) is 5.50. The lowest BCUT2D eigenvalue weighted by molar-refractivity contribution is 0.0698. The summed E-state index contributed by atoms with van der Waals surface area (Å²) >= 11 is 5.85. The van der Waals surface area contributed by atoms with Crippen molar-refractivity contribution in [2.45, 2.75) is 6.54 Å². The van der Waals surface area contributed by atoms with Gasteiger partial charge in [-0.3, -0.25) is 4.68 Å². The Kier molecular flexibility index (Phi) is 3.78. The quantitative estimate of drug-likeness (QED) is 0.862. The molecular weight excluding hydrogens is 256 g/mol. The minimum atomic E-state index is -1.05. The smallest absolute Gasteiger partial charge is 0.339 e. The second-order valence-electron chi connectivity index (χ2n) is 3.56. The van der Waals surface area contributed by atoms with Gasteiger partial charge in [0.25, 0.3) is 0 Å². The zero-order valence-corrected chi connectivity index (χ0v) is 10.1. The maximum Gasteiger partial charge on any atom is 0.339 e. The number of rotatable bonds is 5. The molecule has 0 fully saturated rings. The molecule has 2 rings (SSSR count). The molecule has 0 amide bonds. The Morgan fingerprint density at radius 2 is 2.33 bits per heavy atom. The van der Waals surface area contributed by atoms with E-state index in [0.717, 1.165) is 0 Å². The number of aromatic carboxylic acids is 1. The highest BCUT2D eigenvalue weighted by molar-refractivity contribution is 6.34. The van der Waals surface area contributed by atoms with Gasteiger partial charge in [0.05, 0.1) is 23.5 Å². The number of nitrogens with zero attached hydrogens (tertiary/aromatic N) is 3. The predicted octanol–water partition coefficient (Wildman–Crippen LogP) is 1.74. The molecule has 1 aromatic heterocycles. The van der Waals surface area contributed by atoms with Crippen LogP contribution in [0.4, 0.5) is 5.69 Å². The summed E-state index contributed by atoms with van der Waals surface area (Å²) in [4.78, 5) is 11.1. The molecule has 1 aromatic carbocycles. The first-order valence-corrected chi connectivity index (χ1v) is 5.66. The summed E-state index contributed by atoms with van der Waals surface area (Å²) < 4.78 is 1.65. The number of halogens is 1. The molecule has 2 aromatic rings. The van der Waals surface area contributed by atoms with Crippen LogP contribution in [0.1, 0.15) is 10.4 Å². The number of nitrogens with one attached hydrogen (secondary N) is 1. The molecule has 2 N–H and O–H groups in total. The van der Waals surface area contributed by atoms with E-state index in [4.69, 9.17) is 16.7 Å². The summed E-state index contributed by atoms with van der Waals surface area (Å²) in [7, 11) is 0. The zero-order chi connectivity index (χ0) is 13.0. The number of carbonyl (C=O) groups is 1. The van der Waals surface area contributed by atoms with Gasteiger partial charge in [-0.05, 0) is 12.1 Å². The summed E-state index contributed by atoms with van der Waals surface area (Å²) in [5.41, 5.74) is 0.577. The van der Waals surface area contributed by atoms with Crippen molar-refractivity contribution in [3.63, 3.8) is 0 Å². The number of hydrogen-bond acceptors (Lipinski definition) is 4. The average molecular weight is 267 g/mol. The standard InChI is InChI=1S/C11H11ClN4O2/c12-8-2-1-3-9(10(8)11(17)18)13-4-6-16-7-5-14-15-16/h1-3,5,7,13H,4,6H2,(H,17,18). The molecule has 0 aliphatic rings. The fourth-order valence-corrected chi connectivity index (χ4v) is 1.80. The number of anilines is 1. The van der Waals surface area contributed by atoms with Gasteiger partial charge in [-0.1, -0.05) is 22.9 Å². The summed E-state index contributed by atoms with van der Waals surface area (Å²) in [5, 5.41) is 19.8. The van der Waals surface area contributed by atoms with Crippen LogP contribution in [0.3, 0.4) is 0 Å². The van der Waals surface area contributed by atoms with Crippen LogP contribution in [0.25, 0.3) is 0 Å². The molecule has 0 bridgehead atoms. The highest BCUT2D eigenvalue weighted by Gasteiger charge is 2.13. The van der Waals surface area contributed by atoms with Gasteiger partial charge in [0, 0.05) is 12.7 Å². The highest BCUT2D eigenvalue weighted by Crippen LogP contribution is 2.24.